The van der Waals surface area contributed by atoms with Crippen LogP contribution >= 0.6 is 0 Å². The number of allylic oxidation sites excluding steroid dienone is 2. The molecule has 0 radical (unpaired) electrons. The van der Waals surface area contributed by atoms with Gasteiger partial charge in [-0.05, 0) is 104 Å². The first-order valence-corrected chi connectivity index (χ1v) is 27.3. The number of hydrogen-bond donors (Lipinski definition) is 14. The fourth-order valence-electron chi connectivity index (χ4n) is 16.2. The first-order valence-electron chi connectivity index (χ1n) is 27.3. The summed E-state index contributed by atoms with van der Waals surface area (Å²) in [6.07, 6.45) is -25.7. The maximum atomic E-state index is 15.1. The van der Waals surface area contributed by atoms with Crippen LogP contribution in [0.2, 0.25) is 0 Å². The molecule has 4 heterocycles. The van der Waals surface area contributed by atoms with Crippen molar-refractivity contribution in [1.82, 2.24) is 0 Å². The van der Waals surface area contributed by atoms with Gasteiger partial charge in [0.05, 0.1) is 50.2 Å². The molecule has 76 heavy (non-hydrogen) atoms. The lowest BCUT2D eigenvalue weighted by Crippen LogP contribution is -2.68. The zero-order valence-electron chi connectivity index (χ0n) is 44.6. The second-order valence-corrected chi connectivity index (χ2v) is 25.9. The van der Waals surface area contributed by atoms with Crippen LogP contribution < -0.4 is 0 Å². The molecule has 9 aliphatic rings. The Morgan fingerprint density at radius 1 is 0.632 bits per heavy atom. The van der Waals surface area contributed by atoms with E-state index in [-0.39, 0.29) is 40.6 Å². The van der Waals surface area contributed by atoms with Crippen LogP contribution in [0.5, 0.6) is 0 Å². The molecule has 4 saturated heterocycles. The molecule has 8 fully saturated rings. The summed E-state index contributed by atoms with van der Waals surface area (Å²) >= 11 is 0. The fourth-order valence-corrected chi connectivity index (χ4v) is 16.2. The van der Waals surface area contributed by atoms with Crippen molar-refractivity contribution in [2.75, 3.05) is 26.4 Å². The summed E-state index contributed by atoms with van der Waals surface area (Å²) in [6, 6.07) is 0. The quantitative estimate of drug-likeness (QED) is 0.0756. The Kier molecular flexibility index (Phi) is 16.5. The first kappa shape index (κ1) is 59.0. The number of carbonyl (C=O) groups excluding carboxylic acids is 1. The molecule has 0 unspecified atom stereocenters. The smallest absolute Gasteiger partial charge is 0.315 e. The van der Waals surface area contributed by atoms with Gasteiger partial charge in [0.25, 0.3) is 0 Å². The zero-order valence-corrected chi connectivity index (χ0v) is 44.6. The minimum Gasteiger partial charge on any atom is -0.432 e. The third-order valence-electron chi connectivity index (χ3n) is 21.1. The predicted molar refractivity (Wildman–Crippen MR) is 258 cm³/mol. The molecule has 9 rings (SSSR count). The van der Waals surface area contributed by atoms with Crippen molar-refractivity contribution in [1.29, 1.82) is 0 Å². The van der Waals surface area contributed by atoms with Gasteiger partial charge >= 0.3 is 5.97 Å². The highest BCUT2D eigenvalue weighted by Crippen LogP contribution is 2.76. The number of esters is 1. The third-order valence-corrected chi connectivity index (χ3v) is 21.1. The predicted octanol–water partition coefficient (Wildman–Crippen LogP) is -2.43. The van der Waals surface area contributed by atoms with Gasteiger partial charge in [-0.15, -0.1) is 0 Å². The van der Waals surface area contributed by atoms with Crippen molar-refractivity contribution >= 4 is 5.97 Å². The number of ether oxygens (including phenoxy) is 8. The Morgan fingerprint density at radius 3 is 1.93 bits per heavy atom. The summed E-state index contributed by atoms with van der Waals surface area (Å²) in [5.74, 6) is -0.796. The van der Waals surface area contributed by atoms with Crippen LogP contribution in [-0.2, 0) is 42.7 Å². The van der Waals surface area contributed by atoms with E-state index in [1.54, 1.807) is 0 Å². The Balaban J connectivity index is 0.861. The topological polar surface area (TPSA) is 374 Å². The van der Waals surface area contributed by atoms with E-state index in [1.807, 2.05) is 6.92 Å². The maximum Gasteiger partial charge on any atom is 0.315 e. The monoisotopic (exact) mass is 1090 g/mol. The number of aliphatic hydroxyl groups excluding tert-OH is 14. The Labute approximate surface area is 442 Å². The number of carbonyl (C=O) groups is 1. The second kappa shape index (κ2) is 21.3. The van der Waals surface area contributed by atoms with E-state index in [2.05, 4.69) is 40.7 Å². The molecule has 0 aromatic heterocycles. The highest BCUT2D eigenvalue weighted by molar-refractivity contribution is 5.79. The van der Waals surface area contributed by atoms with Gasteiger partial charge in [0.2, 0.25) is 6.29 Å². The van der Waals surface area contributed by atoms with E-state index >= 15 is 4.79 Å². The average Bonchev–Trinajstić information content (AvgIpc) is 3.40. The molecule has 23 heteroatoms. The van der Waals surface area contributed by atoms with Crippen molar-refractivity contribution in [3.63, 3.8) is 0 Å². The lowest BCUT2D eigenvalue weighted by molar-refractivity contribution is -0.373. The van der Waals surface area contributed by atoms with Crippen LogP contribution in [0, 0.1) is 50.2 Å². The molecule has 5 aliphatic carbocycles. The molecule has 4 saturated carbocycles. The molecule has 4 aliphatic heterocycles. The molecule has 14 N–H and O–H groups in total. The molecule has 0 spiro atoms. The van der Waals surface area contributed by atoms with Crippen LogP contribution in [0.1, 0.15) is 106 Å². The zero-order chi connectivity index (χ0) is 55.6. The molecular weight excluding hydrogens is 1000 g/mol. The minimum atomic E-state index is -1.93. The molecule has 0 amide bonds. The number of aliphatic hydroxyl groups is 14. The van der Waals surface area contributed by atoms with Crippen molar-refractivity contribution in [2.45, 2.75) is 235 Å². The van der Waals surface area contributed by atoms with Crippen LogP contribution in [0.3, 0.4) is 0 Å². The van der Waals surface area contributed by atoms with Gasteiger partial charge in [0, 0.05) is 5.41 Å². The summed E-state index contributed by atoms with van der Waals surface area (Å²) in [7, 11) is 0. The van der Waals surface area contributed by atoms with Gasteiger partial charge in [-0.25, -0.2) is 0 Å². The summed E-state index contributed by atoms with van der Waals surface area (Å²) in [5, 5.41) is 152. The number of rotatable bonds is 11. The summed E-state index contributed by atoms with van der Waals surface area (Å²) in [4.78, 5) is 15.1. The molecule has 0 aromatic rings. The normalized spacial score (nSPS) is 55.2. The van der Waals surface area contributed by atoms with Gasteiger partial charge in [-0.2, -0.15) is 0 Å². The van der Waals surface area contributed by atoms with Crippen molar-refractivity contribution in [2.24, 2.45) is 50.2 Å². The van der Waals surface area contributed by atoms with Gasteiger partial charge < -0.3 is 109 Å². The third kappa shape index (κ3) is 9.46. The van der Waals surface area contributed by atoms with Gasteiger partial charge in [-0.3, -0.25) is 4.79 Å². The highest BCUT2D eigenvalue weighted by atomic mass is 16.8. The summed E-state index contributed by atoms with van der Waals surface area (Å²) in [5.41, 5.74) is -1.91. The molecular formula is C53H86O23. The fraction of sp³-hybridized carbons (Fsp3) is 0.943. The SMILES string of the molecule is C[C@@H]1O[C@@H](O[C@H]2[C@H](O)[C@@H](O)[C@H](OC[C@H]3O[C@@H](OC(=O)[C@]45CCC(C)(C)C[C@H]4C4=CC[C@@H]6[C@@]7(C)C[C@@H](O)[C@H](O)[C@@](C)(CO)[C@@H]7CC[C@@]6(C)[C@]4(C)CC5)[C@H](O)[C@@H](O)[C@@H]3O)O[C@@H]2CO)[C@H](O)[C@H](O)[C@H]1O[C@@H]1OC[C@@H](O)[C@H](O)[C@H]1O. The molecule has 29 atom stereocenters. The highest BCUT2D eigenvalue weighted by Gasteiger charge is 2.71. The Bertz CT molecular complexity index is 2100. The lowest BCUT2D eigenvalue weighted by atomic mass is 9.33. The van der Waals surface area contributed by atoms with Crippen LogP contribution in [0.25, 0.3) is 0 Å². The standard InChI is InChI=1S/C53H86O23/c1-22-40(74-44-36(63)31(58)26(57)19-69-44)34(61)39(66)45(71-22)75-41-27(18-54)72-43(38(65)35(41)62)70-20-28-32(59)33(60)37(64)46(73-28)76-47(68)53-14-12-48(2,3)16-24(53)23-8-9-30-49(4)17-25(56)42(67)50(5,21-55)29(49)10-11-52(30,7)51(23,6)13-15-53/h8,22,24-46,54-67H,9-21H2,1-7H3/t22-,24-,25+,26+,27+,28+,29+,30+,31-,32+,33-,34-,35+,36+,37+,38+,39+,40-,41+,42-,43+,44-,45-,46-,49-,50-,51+,52+,53-/m0/s1. The first-order chi connectivity index (χ1) is 35.5. The second-order valence-electron chi connectivity index (χ2n) is 25.9. The van der Waals surface area contributed by atoms with Gasteiger partial charge in [-0.1, -0.05) is 53.2 Å². The summed E-state index contributed by atoms with van der Waals surface area (Å²) in [6.45, 7) is 12.4. The van der Waals surface area contributed by atoms with E-state index in [1.165, 1.54) is 12.5 Å². The van der Waals surface area contributed by atoms with Crippen molar-refractivity contribution in [3.05, 3.63) is 11.6 Å². The summed E-state index contributed by atoms with van der Waals surface area (Å²) < 4.78 is 46.2. The maximum absolute atomic E-state index is 15.1. The van der Waals surface area contributed by atoms with E-state index in [4.69, 9.17) is 37.9 Å². The van der Waals surface area contributed by atoms with E-state index in [9.17, 15) is 71.5 Å². The van der Waals surface area contributed by atoms with Crippen molar-refractivity contribution < 1.29 is 114 Å². The van der Waals surface area contributed by atoms with E-state index < -0.39 is 171 Å². The minimum absolute atomic E-state index is 0.0271. The molecule has 23 nitrogen and oxygen atoms in total. The van der Waals surface area contributed by atoms with E-state index in [0.29, 0.717) is 44.9 Å². The Morgan fingerprint density at radius 2 is 1.25 bits per heavy atom. The van der Waals surface area contributed by atoms with Crippen LogP contribution in [0.4, 0.5) is 0 Å². The molecule has 0 bridgehead atoms. The van der Waals surface area contributed by atoms with Crippen molar-refractivity contribution in [3.8, 4) is 0 Å². The van der Waals surface area contributed by atoms with Crippen LogP contribution in [-0.4, -0.2) is 233 Å². The number of fused-ring (bicyclic) bond motifs is 7. The van der Waals surface area contributed by atoms with Gasteiger partial charge in [0.1, 0.15) is 85.5 Å². The lowest BCUT2D eigenvalue weighted by Gasteiger charge is -2.71. The van der Waals surface area contributed by atoms with Crippen LogP contribution in [0.15, 0.2) is 11.6 Å². The molecule has 436 valence electrons. The number of hydrogen-bond acceptors (Lipinski definition) is 23. The van der Waals surface area contributed by atoms with E-state index in [0.717, 1.165) is 12.8 Å². The molecule has 0 aromatic carbocycles. The average molecular weight is 1090 g/mol. The van der Waals surface area contributed by atoms with Gasteiger partial charge in [0.15, 0.2) is 18.9 Å². The Hall–Kier alpha value is -1.63. The largest absolute Gasteiger partial charge is 0.432 e.